The van der Waals surface area contributed by atoms with Gasteiger partial charge in [0.1, 0.15) is 11.2 Å². The number of hydrogen-bond donors (Lipinski definition) is 0. The molecule has 0 N–H and O–H groups in total. The molecule has 2 heterocycles. The second kappa shape index (κ2) is 9.21. The summed E-state index contributed by atoms with van der Waals surface area (Å²) < 4.78 is 36.5. The lowest BCUT2D eigenvalue weighted by Gasteiger charge is -2.33. The van der Waals surface area contributed by atoms with Crippen molar-refractivity contribution in [2.45, 2.75) is 18.1 Å². The molecule has 2 aromatic rings. The van der Waals surface area contributed by atoms with E-state index < -0.39 is 10.0 Å². The van der Waals surface area contributed by atoms with Crippen molar-refractivity contribution in [3.05, 3.63) is 39.3 Å². The van der Waals surface area contributed by atoms with Gasteiger partial charge >= 0.3 is 0 Å². The molecular weight excluding hydrogens is 445 g/mol. The SMILES string of the molecule is COCCn1cnn(CN2CCN(S(=O)(=O)c3c(Cl)cccc3Cl)CC2)c1=S. The number of hydrogen-bond acceptors (Lipinski definition) is 6. The van der Waals surface area contributed by atoms with Crippen LogP contribution in [-0.2, 0) is 28.0 Å². The molecule has 0 radical (unpaired) electrons. The number of methoxy groups -OCH3 is 1. The second-order valence-corrected chi connectivity index (χ2v) is 9.37. The van der Waals surface area contributed by atoms with E-state index in [4.69, 9.17) is 40.2 Å². The lowest BCUT2D eigenvalue weighted by Crippen LogP contribution is -2.49. The number of ether oxygens (including phenoxy) is 1. The minimum atomic E-state index is -3.75. The summed E-state index contributed by atoms with van der Waals surface area (Å²) in [6.07, 6.45) is 1.68. The number of piperazine rings is 1. The molecule has 0 atom stereocenters. The van der Waals surface area contributed by atoms with E-state index in [9.17, 15) is 8.42 Å². The molecule has 12 heteroatoms. The highest BCUT2D eigenvalue weighted by molar-refractivity contribution is 7.89. The fourth-order valence-corrected chi connectivity index (χ4v) is 5.73. The van der Waals surface area contributed by atoms with Crippen LogP contribution < -0.4 is 0 Å². The van der Waals surface area contributed by atoms with E-state index in [2.05, 4.69) is 10.00 Å². The van der Waals surface area contributed by atoms with Gasteiger partial charge in [-0.15, -0.1) is 0 Å². The molecule has 1 aromatic heterocycles. The molecule has 0 saturated carbocycles. The summed E-state index contributed by atoms with van der Waals surface area (Å²) in [5.74, 6) is 0. The Bertz CT molecular complexity index is 964. The molecule has 0 bridgehead atoms. The zero-order valence-corrected chi connectivity index (χ0v) is 18.4. The molecule has 0 aliphatic carbocycles. The summed E-state index contributed by atoms with van der Waals surface area (Å²) in [5, 5.41) is 4.57. The van der Waals surface area contributed by atoms with Gasteiger partial charge in [0.2, 0.25) is 10.0 Å². The number of nitrogens with zero attached hydrogens (tertiary/aromatic N) is 5. The molecule has 0 spiro atoms. The first-order valence-corrected chi connectivity index (χ1v) is 11.2. The fraction of sp³-hybridized carbons (Fsp3) is 0.500. The number of sulfonamides is 1. The van der Waals surface area contributed by atoms with Gasteiger partial charge in [-0.05, 0) is 24.4 Å². The molecule has 28 heavy (non-hydrogen) atoms. The van der Waals surface area contributed by atoms with Crippen LogP contribution in [0.15, 0.2) is 29.4 Å². The van der Waals surface area contributed by atoms with E-state index >= 15 is 0 Å². The third kappa shape index (κ3) is 4.59. The summed E-state index contributed by atoms with van der Waals surface area (Å²) in [7, 11) is -2.12. The Balaban J connectivity index is 1.65. The molecule has 1 saturated heterocycles. The monoisotopic (exact) mass is 465 g/mol. The summed E-state index contributed by atoms with van der Waals surface area (Å²) in [6.45, 7) is 3.46. The van der Waals surface area contributed by atoms with Crippen molar-refractivity contribution in [1.29, 1.82) is 0 Å². The van der Waals surface area contributed by atoms with E-state index in [1.165, 1.54) is 16.4 Å². The van der Waals surface area contributed by atoms with Gasteiger partial charge in [0.15, 0.2) is 4.77 Å². The van der Waals surface area contributed by atoms with Crippen molar-refractivity contribution in [3.63, 3.8) is 0 Å². The van der Waals surface area contributed by atoms with Crippen molar-refractivity contribution in [1.82, 2.24) is 23.6 Å². The van der Waals surface area contributed by atoms with Crippen molar-refractivity contribution in [3.8, 4) is 0 Å². The lowest BCUT2D eigenvalue weighted by atomic mass is 10.4. The first-order valence-electron chi connectivity index (χ1n) is 8.62. The van der Waals surface area contributed by atoms with E-state index in [0.29, 0.717) is 50.8 Å². The quantitative estimate of drug-likeness (QED) is 0.584. The van der Waals surface area contributed by atoms with Crippen molar-refractivity contribution < 1.29 is 13.2 Å². The van der Waals surface area contributed by atoms with Gasteiger partial charge in [-0.2, -0.15) is 9.40 Å². The van der Waals surface area contributed by atoms with Crippen LogP contribution in [0, 0.1) is 4.77 Å². The Morgan fingerprint density at radius 2 is 1.82 bits per heavy atom. The molecule has 3 rings (SSSR count). The molecule has 8 nitrogen and oxygen atoms in total. The van der Waals surface area contributed by atoms with Gasteiger partial charge in [-0.1, -0.05) is 29.3 Å². The van der Waals surface area contributed by atoms with Gasteiger partial charge in [0.05, 0.1) is 23.3 Å². The van der Waals surface area contributed by atoms with Crippen LogP contribution in [0.2, 0.25) is 10.0 Å². The highest BCUT2D eigenvalue weighted by Crippen LogP contribution is 2.31. The van der Waals surface area contributed by atoms with Crippen molar-refractivity contribution in [2.75, 3.05) is 39.9 Å². The molecule has 1 fully saturated rings. The average molecular weight is 466 g/mol. The van der Waals surface area contributed by atoms with E-state index in [-0.39, 0.29) is 14.9 Å². The van der Waals surface area contributed by atoms with Crippen LogP contribution in [-0.4, -0.2) is 71.9 Å². The zero-order chi connectivity index (χ0) is 20.3. The smallest absolute Gasteiger partial charge is 0.246 e. The van der Waals surface area contributed by atoms with Crippen LogP contribution >= 0.6 is 35.4 Å². The minimum Gasteiger partial charge on any atom is -0.383 e. The zero-order valence-electron chi connectivity index (χ0n) is 15.3. The maximum atomic E-state index is 12.9. The second-order valence-electron chi connectivity index (χ2n) is 6.31. The molecule has 0 unspecified atom stereocenters. The highest BCUT2D eigenvalue weighted by atomic mass is 35.5. The van der Waals surface area contributed by atoms with E-state index in [1.54, 1.807) is 24.2 Å². The number of halogens is 2. The molecule has 1 aliphatic rings. The Hall–Kier alpha value is -1.01. The van der Waals surface area contributed by atoms with Crippen LogP contribution in [0.4, 0.5) is 0 Å². The largest absolute Gasteiger partial charge is 0.383 e. The van der Waals surface area contributed by atoms with Gasteiger partial charge in [-0.3, -0.25) is 4.90 Å². The molecule has 1 aromatic carbocycles. The van der Waals surface area contributed by atoms with E-state index in [0.717, 1.165) is 0 Å². The van der Waals surface area contributed by atoms with Crippen molar-refractivity contribution >= 4 is 45.4 Å². The summed E-state index contributed by atoms with van der Waals surface area (Å²) in [5.41, 5.74) is 0. The van der Waals surface area contributed by atoms with Crippen LogP contribution in [0.1, 0.15) is 0 Å². The van der Waals surface area contributed by atoms with Gasteiger partial charge < -0.3 is 9.30 Å². The first kappa shape index (κ1) is 21.7. The first-order chi connectivity index (χ1) is 13.3. The maximum Gasteiger partial charge on any atom is 0.246 e. The minimum absolute atomic E-state index is 0.0362. The topological polar surface area (TPSA) is 72.6 Å². The van der Waals surface area contributed by atoms with Gasteiger partial charge in [0.25, 0.3) is 0 Å². The third-order valence-corrected chi connectivity index (χ3v) is 7.82. The van der Waals surface area contributed by atoms with Crippen LogP contribution in [0.5, 0.6) is 0 Å². The summed E-state index contributed by atoms with van der Waals surface area (Å²) >= 11 is 17.6. The average Bonchev–Trinajstić information content (AvgIpc) is 3.00. The standard InChI is InChI=1S/C16H21Cl2N5O3S2/c1-26-10-9-21-11-19-23(16(21)27)12-20-5-7-22(8-6-20)28(24,25)15-13(17)3-2-4-14(15)18/h2-4,11H,5-10,12H2,1H3. The molecule has 154 valence electrons. The Morgan fingerprint density at radius 1 is 1.18 bits per heavy atom. The molecule has 1 aliphatic heterocycles. The van der Waals surface area contributed by atoms with Crippen molar-refractivity contribution in [2.24, 2.45) is 0 Å². The Morgan fingerprint density at radius 3 is 2.43 bits per heavy atom. The summed E-state index contributed by atoms with van der Waals surface area (Å²) in [6, 6.07) is 4.67. The molecule has 0 amide bonds. The highest BCUT2D eigenvalue weighted by Gasteiger charge is 2.32. The molecular formula is C16H21Cl2N5O3S2. The van der Waals surface area contributed by atoms with Crippen LogP contribution in [0.25, 0.3) is 0 Å². The normalized spacial score (nSPS) is 16.5. The predicted molar refractivity (Wildman–Crippen MR) is 110 cm³/mol. The van der Waals surface area contributed by atoms with Gasteiger partial charge in [-0.25, -0.2) is 13.1 Å². The third-order valence-electron chi connectivity index (χ3n) is 4.52. The Kier molecular flexibility index (Phi) is 7.13. The lowest BCUT2D eigenvalue weighted by molar-refractivity contribution is 0.144. The predicted octanol–water partition coefficient (Wildman–Crippen LogP) is 2.33. The number of rotatable bonds is 7. The Labute approximate surface area is 179 Å². The van der Waals surface area contributed by atoms with E-state index in [1.807, 2.05) is 4.57 Å². The van der Waals surface area contributed by atoms with Gasteiger partial charge in [0, 0.05) is 39.8 Å². The number of benzene rings is 1. The van der Waals surface area contributed by atoms with Crippen LogP contribution in [0.3, 0.4) is 0 Å². The number of aromatic nitrogens is 3. The fourth-order valence-electron chi connectivity index (χ4n) is 2.97. The summed E-state index contributed by atoms with van der Waals surface area (Å²) in [4.78, 5) is 2.06. The maximum absolute atomic E-state index is 12.9.